The van der Waals surface area contributed by atoms with E-state index in [1.165, 1.54) is 0 Å². The summed E-state index contributed by atoms with van der Waals surface area (Å²) in [5, 5.41) is 1.68. The van der Waals surface area contributed by atoms with E-state index in [1.54, 1.807) is 0 Å². The SMILES string of the molecule is O=C1CN(S(=O)(=O)C2CC2)CC(=O)N1. The Balaban J connectivity index is 2.17. The molecule has 1 heterocycles. The van der Waals surface area contributed by atoms with Gasteiger partial charge < -0.3 is 0 Å². The van der Waals surface area contributed by atoms with Gasteiger partial charge in [-0.05, 0) is 12.8 Å². The van der Waals surface area contributed by atoms with Crippen molar-refractivity contribution in [2.24, 2.45) is 0 Å². The summed E-state index contributed by atoms with van der Waals surface area (Å²) >= 11 is 0. The Morgan fingerprint density at radius 2 is 1.64 bits per heavy atom. The normalized spacial score (nSPS) is 24.9. The molecule has 1 N–H and O–H groups in total. The summed E-state index contributed by atoms with van der Waals surface area (Å²) < 4.78 is 24.2. The molecule has 0 spiro atoms. The summed E-state index contributed by atoms with van der Waals surface area (Å²) in [5.74, 6) is -1.10. The van der Waals surface area contributed by atoms with Crippen molar-refractivity contribution in [1.29, 1.82) is 0 Å². The highest BCUT2D eigenvalue weighted by Gasteiger charge is 2.42. The van der Waals surface area contributed by atoms with E-state index >= 15 is 0 Å². The fourth-order valence-electron chi connectivity index (χ4n) is 1.37. The molecule has 0 bridgehead atoms. The van der Waals surface area contributed by atoms with Crippen LogP contribution in [0.2, 0.25) is 0 Å². The molecule has 78 valence electrons. The summed E-state index contributed by atoms with van der Waals surface area (Å²) in [4.78, 5) is 21.9. The number of piperazine rings is 1. The lowest BCUT2D eigenvalue weighted by molar-refractivity contribution is -0.134. The van der Waals surface area contributed by atoms with Crippen molar-refractivity contribution < 1.29 is 18.0 Å². The first kappa shape index (κ1) is 9.60. The Morgan fingerprint density at radius 1 is 1.14 bits per heavy atom. The molecular formula is C7H10N2O4S. The number of amides is 2. The maximum Gasteiger partial charge on any atom is 0.241 e. The van der Waals surface area contributed by atoms with E-state index in [0.717, 1.165) is 4.31 Å². The summed E-state index contributed by atoms with van der Waals surface area (Å²) in [6.07, 6.45) is 1.27. The van der Waals surface area contributed by atoms with Crippen LogP contribution < -0.4 is 5.32 Å². The van der Waals surface area contributed by atoms with Gasteiger partial charge in [0.15, 0.2) is 0 Å². The smallest absolute Gasteiger partial charge is 0.241 e. The average molecular weight is 218 g/mol. The van der Waals surface area contributed by atoms with Crippen molar-refractivity contribution >= 4 is 21.8 Å². The Labute approximate surface area is 81.3 Å². The molecule has 14 heavy (non-hydrogen) atoms. The van der Waals surface area contributed by atoms with Gasteiger partial charge in [0.2, 0.25) is 21.8 Å². The molecule has 1 saturated heterocycles. The zero-order valence-electron chi connectivity index (χ0n) is 7.39. The fraction of sp³-hybridized carbons (Fsp3) is 0.714. The van der Waals surface area contributed by atoms with Crippen molar-refractivity contribution in [2.45, 2.75) is 18.1 Å². The number of hydrogen-bond donors (Lipinski definition) is 1. The van der Waals surface area contributed by atoms with E-state index in [9.17, 15) is 18.0 Å². The predicted octanol–water partition coefficient (Wildman–Crippen LogP) is -1.56. The first-order valence-corrected chi connectivity index (χ1v) is 5.82. The molecule has 1 saturated carbocycles. The van der Waals surface area contributed by atoms with Crippen LogP contribution in [0.1, 0.15) is 12.8 Å². The number of sulfonamides is 1. The first-order chi connectivity index (χ1) is 6.50. The van der Waals surface area contributed by atoms with Gasteiger partial charge in [0.05, 0.1) is 18.3 Å². The van der Waals surface area contributed by atoms with Gasteiger partial charge in [-0.25, -0.2) is 8.42 Å². The van der Waals surface area contributed by atoms with Crippen molar-refractivity contribution in [3.8, 4) is 0 Å². The van der Waals surface area contributed by atoms with E-state index in [2.05, 4.69) is 5.32 Å². The summed E-state index contributed by atoms with van der Waals surface area (Å²) in [6, 6.07) is 0. The van der Waals surface area contributed by atoms with E-state index in [4.69, 9.17) is 0 Å². The van der Waals surface area contributed by atoms with Gasteiger partial charge in [0.1, 0.15) is 0 Å². The molecule has 6 nitrogen and oxygen atoms in total. The summed E-state index contributed by atoms with van der Waals surface area (Å²) in [5.41, 5.74) is 0. The molecule has 0 aromatic rings. The maximum absolute atomic E-state index is 11.6. The topological polar surface area (TPSA) is 83.6 Å². The minimum atomic E-state index is -3.40. The van der Waals surface area contributed by atoms with Crippen molar-refractivity contribution in [3.05, 3.63) is 0 Å². The summed E-state index contributed by atoms with van der Waals surface area (Å²) in [7, 11) is -3.40. The van der Waals surface area contributed by atoms with Crippen LogP contribution in [-0.2, 0) is 19.6 Å². The number of nitrogens with zero attached hydrogens (tertiary/aromatic N) is 1. The monoisotopic (exact) mass is 218 g/mol. The van der Waals surface area contributed by atoms with Gasteiger partial charge in [-0.3, -0.25) is 14.9 Å². The number of imide groups is 1. The van der Waals surface area contributed by atoms with Crippen LogP contribution in [0.15, 0.2) is 0 Å². The van der Waals surface area contributed by atoms with Gasteiger partial charge in [0.25, 0.3) is 0 Å². The third kappa shape index (κ3) is 1.64. The van der Waals surface area contributed by atoms with E-state index in [-0.39, 0.29) is 18.3 Å². The van der Waals surface area contributed by atoms with Crippen LogP contribution in [-0.4, -0.2) is 42.9 Å². The molecule has 2 amide bonds. The maximum atomic E-state index is 11.6. The molecule has 0 aromatic carbocycles. The van der Waals surface area contributed by atoms with Crippen LogP contribution in [0, 0.1) is 0 Å². The molecule has 0 unspecified atom stereocenters. The van der Waals surface area contributed by atoms with Crippen molar-refractivity contribution in [3.63, 3.8) is 0 Å². The van der Waals surface area contributed by atoms with Crippen LogP contribution in [0.5, 0.6) is 0 Å². The first-order valence-electron chi connectivity index (χ1n) is 4.32. The highest BCUT2D eigenvalue weighted by molar-refractivity contribution is 7.90. The highest BCUT2D eigenvalue weighted by Crippen LogP contribution is 2.31. The zero-order valence-corrected chi connectivity index (χ0v) is 8.21. The van der Waals surface area contributed by atoms with Crippen molar-refractivity contribution in [2.75, 3.05) is 13.1 Å². The van der Waals surface area contributed by atoms with Gasteiger partial charge in [-0.15, -0.1) is 0 Å². The molecule has 1 aliphatic heterocycles. The molecule has 2 rings (SSSR count). The van der Waals surface area contributed by atoms with Gasteiger partial charge >= 0.3 is 0 Å². The molecule has 0 radical (unpaired) electrons. The molecule has 2 fully saturated rings. The number of carbonyl (C=O) groups is 2. The Morgan fingerprint density at radius 3 is 2.07 bits per heavy atom. The van der Waals surface area contributed by atoms with Crippen LogP contribution in [0.25, 0.3) is 0 Å². The lowest BCUT2D eigenvalue weighted by Gasteiger charge is -2.24. The van der Waals surface area contributed by atoms with Crippen LogP contribution >= 0.6 is 0 Å². The Hall–Kier alpha value is -0.950. The van der Waals surface area contributed by atoms with E-state index in [0.29, 0.717) is 12.8 Å². The lowest BCUT2D eigenvalue weighted by atomic mass is 10.4. The molecule has 0 aromatic heterocycles. The van der Waals surface area contributed by atoms with Gasteiger partial charge in [-0.1, -0.05) is 0 Å². The second-order valence-corrected chi connectivity index (χ2v) is 5.70. The number of hydrogen-bond acceptors (Lipinski definition) is 4. The Bertz CT molecular complexity index is 368. The molecule has 1 aliphatic carbocycles. The molecule has 2 aliphatic rings. The van der Waals surface area contributed by atoms with E-state index < -0.39 is 21.8 Å². The van der Waals surface area contributed by atoms with E-state index in [1.807, 2.05) is 0 Å². The largest absolute Gasteiger partial charge is 0.294 e. The molecule has 7 heteroatoms. The molecule has 0 atom stereocenters. The minimum Gasteiger partial charge on any atom is -0.294 e. The van der Waals surface area contributed by atoms with Crippen LogP contribution in [0.4, 0.5) is 0 Å². The second kappa shape index (κ2) is 3.03. The lowest BCUT2D eigenvalue weighted by Crippen LogP contribution is -2.53. The average Bonchev–Trinajstić information content (AvgIpc) is 2.83. The number of nitrogens with one attached hydrogen (secondary N) is 1. The van der Waals surface area contributed by atoms with Gasteiger partial charge in [-0.2, -0.15) is 4.31 Å². The zero-order chi connectivity index (χ0) is 10.3. The third-order valence-corrected chi connectivity index (χ3v) is 4.52. The standard InChI is InChI=1S/C7H10N2O4S/c10-6-3-9(4-7(11)8-6)14(12,13)5-1-2-5/h5H,1-4H2,(H,8,10,11). The van der Waals surface area contributed by atoms with Gasteiger partial charge in [0, 0.05) is 0 Å². The summed E-state index contributed by atoms with van der Waals surface area (Å²) in [6.45, 7) is -0.463. The highest BCUT2D eigenvalue weighted by atomic mass is 32.2. The van der Waals surface area contributed by atoms with Crippen LogP contribution in [0.3, 0.4) is 0 Å². The predicted molar refractivity (Wildman–Crippen MR) is 46.7 cm³/mol. The number of rotatable bonds is 2. The molecular weight excluding hydrogens is 208 g/mol. The number of carbonyl (C=O) groups excluding carboxylic acids is 2. The minimum absolute atomic E-state index is 0.232. The second-order valence-electron chi connectivity index (χ2n) is 3.48. The Kier molecular flexibility index (Phi) is 2.07. The fourth-order valence-corrected chi connectivity index (χ4v) is 3.12. The van der Waals surface area contributed by atoms with Crippen molar-refractivity contribution in [1.82, 2.24) is 9.62 Å². The quantitative estimate of drug-likeness (QED) is 0.568. The third-order valence-electron chi connectivity index (χ3n) is 2.22.